The van der Waals surface area contributed by atoms with Gasteiger partial charge in [0.25, 0.3) is 0 Å². The van der Waals surface area contributed by atoms with Crippen LogP contribution in [0.3, 0.4) is 0 Å². The summed E-state index contributed by atoms with van der Waals surface area (Å²) in [7, 11) is 0. The average Bonchev–Trinajstić information content (AvgIpc) is 3.54. The number of likely N-dealkylation sites (tertiary alicyclic amines) is 1. The van der Waals surface area contributed by atoms with Gasteiger partial charge in [0.15, 0.2) is 0 Å². The number of amides is 3. The number of benzene rings is 1. The Morgan fingerprint density at radius 3 is 2.62 bits per heavy atom. The molecule has 37 heavy (non-hydrogen) atoms. The molecular weight excluding hydrogens is 496 g/mol. The van der Waals surface area contributed by atoms with Gasteiger partial charge in [0.05, 0.1) is 6.04 Å². The van der Waals surface area contributed by atoms with Gasteiger partial charge in [0, 0.05) is 35.8 Å². The van der Waals surface area contributed by atoms with E-state index in [0.717, 1.165) is 29.3 Å². The zero-order valence-electron chi connectivity index (χ0n) is 20.7. The number of carboxylic acid groups (broad SMARTS) is 1. The van der Waals surface area contributed by atoms with Crippen LogP contribution < -0.4 is 22.1 Å². The van der Waals surface area contributed by atoms with Crippen LogP contribution in [0, 0.1) is 0 Å². The van der Waals surface area contributed by atoms with Crippen LogP contribution in [-0.2, 0) is 25.6 Å². The van der Waals surface area contributed by atoms with E-state index in [1.165, 1.54) is 4.90 Å². The highest BCUT2D eigenvalue weighted by atomic mass is 32.1. The molecule has 8 N–H and O–H groups in total. The molecule has 0 saturated carbocycles. The molecule has 0 aliphatic carbocycles. The van der Waals surface area contributed by atoms with E-state index in [1.54, 1.807) is 6.20 Å². The van der Waals surface area contributed by atoms with Crippen molar-refractivity contribution in [2.24, 2.45) is 11.5 Å². The highest BCUT2D eigenvalue weighted by Gasteiger charge is 2.38. The molecule has 0 bridgehead atoms. The predicted octanol–water partition coefficient (Wildman–Crippen LogP) is 0.142. The lowest BCUT2D eigenvalue weighted by molar-refractivity contribution is -0.142. The number of thiol groups is 1. The second kappa shape index (κ2) is 13.5. The number of hydrogen-bond donors (Lipinski definition) is 7. The number of fused-ring (bicyclic) bond motifs is 1. The third kappa shape index (κ3) is 7.24. The molecule has 4 atom stereocenters. The predicted molar refractivity (Wildman–Crippen MR) is 143 cm³/mol. The minimum Gasteiger partial charge on any atom is -0.480 e. The van der Waals surface area contributed by atoms with Crippen molar-refractivity contribution in [3.63, 3.8) is 0 Å². The molecule has 4 unspecified atom stereocenters. The number of nitrogens with two attached hydrogens (primary N) is 2. The molecule has 202 valence electrons. The molecule has 1 saturated heterocycles. The topological polar surface area (TPSA) is 184 Å². The summed E-state index contributed by atoms with van der Waals surface area (Å²) in [6.45, 7) is 0.924. The zero-order chi connectivity index (χ0) is 26.9. The maximum absolute atomic E-state index is 13.4. The summed E-state index contributed by atoms with van der Waals surface area (Å²) in [5.74, 6) is -2.75. The number of carboxylic acids is 1. The van der Waals surface area contributed by atoms with Gasteiger partial charge in [-0.1, -0.05) is 24.6 Å². The Morgan fingerprint density at radius 1 is 1.16 bits per heavy atom. The van der Waals surface area contributed by atoms with E-state index in [4.69, 9.17) is 11.5 Å². The molecule has 3 amide bonds. The van der Waals surface area contributed by atoms with Gasteiger partial charge in [0.2, 0.25) is 17.7 Å². The summed E-state index contributed by atoms with van der Waals surface area (Å²) >= 11 is 4.01. The summed E-state index contributed by atoms with van der Waals surface area (Å²) in [4.78, 5) is 55.6. The van der Waals surface area contributed by atoms with E-state index < -0.39 is 42.0 Å². The Labute approximate surface area is 221 Å². The molecule has 1 fully saturated rings. The normalized spacial score (nSPS) is 17.8. The highest BCUT2D eigenvalue weighted by Crippen LogP contribution is 2.22. The van der Waals surface area contributed by atoms with Crippen LogP contribution in [0.15, 0.2) is 30.5 Å². The molecule has 12 heteroatoms. The number of nitrogens with one attached hydrogen (secondary N) is 3. The number of aromatic amines is 1. The van der Waals surface area contributed by atoms with Crippen molar-refractivity contribution in [1.29, 1.82) is 0 Å². The lowest BCUT2D eigenvalue weighted by Gasteiger charge is -2.28. The molecule has 2 aromatic rings. The van der Waals surface area contributed by atoms with Gasteiger partial charge in [-0.25, -0.2) is 4.79 Å². The van der Waals surface area contributed by atoms with Crippen molar-refractivity contribution >= 4 is 47.2 Å². The molecule has 0 spiro atoms. The number of carbonyl (C=O) groups is 4. The van der Waals surface area contributed by atoms with Crippen molar-refractivity contribution in [1.82, 2.24) is 20.5 Å². The Hall–Kier alpha value is -3.09. The summed E-state index contributed by atoms with van der Waals surface area (Å²) in [5.41, 5.74) is 13.3. The standard InChI is InChI=1S/C25H36N6O5S/c26-10-4-3-7-17(27)24(34)31-11-5-9-21(31)23(33)29-19(22(32)30-20(14-37)25(35)36)12-15-13-28-18-8-2-1-6-16(15)18/h1-2,6,8,13,17,19-21,28,37H,3-5,7,9-12,14,26-27H2,(H,29,33)(H,30,32)(H,35,36). The fraction of sp³-hybridized carbons (Fsp3) is 0.520. The smallest absolute Gasteiger partial charge is 0.327 e. The number of aromatic nitrogens is 1. The number of aliphatic carboxylic acids is 1. The van der Waals surface area contributed by atoms with Crippen LogP contribution >= 0.6 is 12.6 Å². The molecule has 3 rings (SSSR count). The number of unbranched alkanes of at least 4 members (excludes halogenated alkanes) is 1. The summed E-state index contributed by atoms with van der Waals surface area (Å²) < 4.78 is 0. The first-order valence-electron chi connectivity index (χ1n) is 12.5. The zero-order valence-corrected chi connectivity index (χ0v) is 21.6. The van der Waals surface area contributed by atoms with Gasteiger partial charge in [0.1, 0.15) is 18.1 Å². The van der Waals surface area contributed by atoms with E-state index in [0.29, 0.717) is 32.4 Å². The van der Waals surface area contributed by atoms with Gasteiger partial charge in [-0.3, -0.25) is 14.4 Å². The third-order valence-corrected chi connectivity index (χ3v) is 7.02. The number of para-hydroxylation sites is 1. The van der Waals surface area contributed by atoms with Crippen molar-refractivity contribution in [3.05, 3.63) is 36.0 Å². The molecule has 1 aliphatic heterocycles. The van der Waals surface area contributed by atoms with Crippen LogP contribution in [0.5, 0.6) is 0 Å². The van der Waals surface area contributed by atoms with Crippen molar-refractivity contribution in [3.8, 4) is 0 Å². The second-order valence-electron chi connectivity index (χ2n) is 9.29. The molecular formula is C25H36N6O5S. The highest BCUT2D eigenvalue weighted by molar-refractivity contribution is 7.80. The number of H-pyrrole nitrogens is 1. The van der Waals surface area contributed by atoms with E-state index in [9.17, 15) is 24.3 Å². The summed E-state index contributed by atoms with van der Waals surface area (Å²) in [6.07, 6.45) is 4.93. The number of nitrogens with zero attached hydrogens (tertiary/aromatic N) is 1. The molecule has 2 heterocycles. The maximum atomic E-state index is 13.4. The van der Waals surface area contributed by atoms with Crippen LogP contribution in [0.2, 0.25) is 0 Å². The lowest BCUT2D eigenvalue weighted by atomic mass is 10.0. The Kier molecular flexibility index (Phi) is 10.4. The van der Waals surface area contributed by atoms with E-state index in [2.05, 4.69) is 28.2 Å². The molecule has 11 nitrogen and oxygen atoms in total. The van der Waals surface area contributed by atoms with Crippen molar-refractivity contribution < 1.29 is 24.3 Å². The number of hydrogen-bond acceptors (Lipinski definition) is 7. The monoisotopic (exact) mass is 532 g/mol. The van der Waals surface area contributed by atoms with Gasteiger partial charge in [-0.15, -0.1) is 0 Å². The van der Waals surface area contributed by atoms with E-state index >= 15 is 0 Å². The first-order valence-corrected chi connectivity index (χ1v) is 13.2. The van der Waals surface area contributed by atoms with Crippen LogP contribution in [0.4, 0.5) is 0 Å². The van der Waals surface area contributed by atoms with E-state index in [-0.39, 0.29) is 18.1 Å². The van der Waals surface area contributed by atoms with E-state index in [1.807, 2.05) is 24.3 Å². The summed E-state index contributed by atoms with van der Waals surface area (Å²) in [5, 5.41) is 15.5. The fourth-order valence-electron chi connectivity index (χ4n) is 4.60. The maximum Gasteiger partial charge on any atom is 0.327 e. The Balaban J connectivity index is 1.77. The van der Waals surface area contributed by atoms with Crippen LogP contribution in [-0.4, -0.2) is 81.7 Å². The quantitative estimate of drug-likeness (QED) is 0.141. The SMILES string of the molecule is NCCCCC(N)C(=O)N1CCCC1C(=O)NC(Cc1c[nH]c2ccccc12)C(=O)NC(CS)C(=O)O. The first-order chi connectivity index (χ1) is 17.8. The van der Waals surface area contributed by atoms with Crippen LogP contribution in [0.25, 0.3) is 10.9 Å². The molecule has 1 aliphatic rings. The lowest BCUT2D eigenvalue weighted by Crippen LogP contribution is -2.57. The number of rotatable bonds is 13. The van der Waals surface area contributed by atoms with Crippen molar-refractivity contribution in [2.45, 2.75) is 62.7 Å². The minimum atomic E-state index is -1.23. The van der Waals surface area contributed by atoms with Gasteiger partial charge < -0.3 is 37.1 Å². The molecule has 1 aromatic heterocycles. The van der Waals surface area contributed by atoms with Gasteiger partial charge in [-0.05, 0) is 43.9 Å². The largest absolute Gasteiger partial charge is 0.480 e. The Morgan fingerprint density at radius 2 is 1.92 bits per heavy atom. The second-order valence-corrected chi connectivity index (χ2v) is 9.65. The number of carbonyl (C=O) groups excluding carboxylic acids is 3. The first kappa shape index (κ1) is 28.5. The fourth-order valence-corrected chi connectivity index (χ4v) is 4.85. The average molecular weight is 533 g/mol. The molecule has 0 radical (unpaired) electrons. The molecule has 1 aromatic carbocycles. The van der Waals surface area contributed by atoms with Gasteiger partial charge in [-0.2, -0.15) is 12.6 Å². The minimum absolute atomic E-state index is 0.109. The third-order valence-electron chi connectivity index (χ3n) is 6.65. The van der Waals surface area contributed by atoms with Crippen LogP contribution in [0.1, 0.15) is 37.7 Å². The van der Waals surface area contributed by atoms with Crippen molar-refractivity contribution in [2.75, 3.05) is 18.8 Å². The summed E-state index contributed by atoms with van der Waals surface area (Å²) in [6, 6.07) is 3.78. The van der Waals surface area contributed by atoms with Gasteiger partial charge >= 0.3 is 5.97 Å². The Bertz CT molecular complexity index is 1110.